The molecule has 0 N–H and O–H groups in total. The summed E-state index contributed by atoms with van der Waals surface area (Å²) in [6.07, 6.45) is 10.8. The quantitative estimate of drug-likeness (QED) is 0.390. The van der Waals surface area contributed by atoms with E-state index in [9.17, 15) is 13.8 Å². The van der Waals surface area contributed by atoms with Crippen LogP contribution >= 0.6 is 0 Å². The molecule has 6 nitrogen and oxygen atoms in total. The summed E-state index contributed by atoms with van der Waals surface area (Å²) in [6, 6.07) is 0. The van der Waals surface area contributed by atoms with Crippen molar-refractivity contribution in [2.45, 2.75) is 46.0 Å². The van der Waals surface area contributed by atoms with Gasteiger partial charge in [-0.1, -0.05) is 19.2 Å². The number of carbonyl (C=O) groups is 2. The monoisotopic (exact) mass is 463 g/mol. The SMILES string of the molecule is C=C(/C=C\C)N(CCCN1CCC(C(=O)CCC(=O)N(C)C)CC1)C(=C)/C=C(\C)S(C)=O. The lowest BCUT2D eigenvalue weighted by Crippen LogP contribution is -2.38. The Balaban J connectivity index is 2.52. The molecule has 7 heteroatoms. The van der Waals surface area contributed by atoms with Crippen LogP contribution in [0.2, 0.25) is 0 Å². The molecule has 32 heavy (non-hydrogen) atoms. The van der Waals surface area contributed by atoms with Crippen LogP contribution in [0.5, 0.6) is 0 Å². The van der Waals surface area contributed by atoms with E-state index in [1.807, 2.05) is 32.1 Å². The molecular weight excluding hydrogens is 422 g/mol. The van der Waals surface area contributed by atoms with Gasteiger partial charge in [-0.2, -0.15) is 0 Å². The average molecular weight is 464 g/mol. The summed E-state index contributed by atoms with van der Waals surface area (Å²) in [5.41, 5.74) is 1.65. The highest BCUT2D eigenvalue weighted by atomic mass is 32.2. The summed E-state index contributed by atoms with van der Waals surface area (Å²) in [7, 11) is 2.42. The number of amides is 1. The summed E-state index contributed by atoms with van der Waals surface area (Å²) in [5.74, 6) is 0.312. The van der Waals surface area contributed by atoms with Gasteiger partial charge in [-0.25, -0.2) is 0 Å². The Hall–Kier alpha value is -1.99. The molecule has 1 fully saturated rings. The first-order valence-corrected chi connectivity index (χ1v) is 12.9. The van der Waals surface area contributed by atoms with Gasteiger partial charge in [0, 0.05) is 72.8 Å². The number of hydrogen-bond acceptors (Lipinski definition) is 5. The standard InChI is InChI=1S/C25H41N3O3S/c1-8-10-20(2)28(21(3)19-22(4)32(7)31)16-9-15-27-17-13-23(14-18-27)24(29)11-12-25(30)26(5)6/h8,10,19,23H,2-3,9,11-18H2,1,4-7H3/b10-8-,22-19+. The van der Waals surface area contributed by atoms with Crippen LogP contribution in [0.1, 0.15) is 46.0 Å². The number of allylic oxidation sites excluding steroid dienone is 4. The van der Waals surface area contributed by atoms with Crippen LogP contribution in [0.15, 0.2) is 47.7 Å². The second kappa shape index (κ2) is 14.2. The number of hydrogen-bond donors (Lipinski definition) is 0. The lowest BCUT2D eigenvalue weighted by atomic mass is 9.90. The van der Waals surface area contributed by atoms with E-state index in [0.717, 1.165) is 61.7 Å². The van der Waals surface area contributed by atoms with E-state index >= 15 is 0 Å². The Labute approximate surface area is 197 Å². The molecule has 0 aromatic carbocycles. The van der Waals surface area contributed by atoms with Crippen molar-refractivity contribution in [1.82, 2.24) is 14.7 Å². The topological polar surface area (TPSA) is 60.9 Å². The zero-order chi connectivity index (χ0) is 24.3. The minimum absolute atomic E-state index is 0.0108. The molecule has 1 heterocycles. The number of rotatable bonds is 13. The Morgan fingerprint density at radius 1 is 1.12 bits per heavy atom. The van der Waals surface area contributed by atoms with Crippen LogP contribution in [-0.4, -0.2) is 77.1 Å². The molecule has 1 aliphatic rings. The highest BCUT2D eigenvalue weighted by molar-refractivity contribution is 7.88. The molecule has 1 saturated heterocycles. The van der Waals surface area contributed by atoms with Crippen LogP contribution in [0.3, 0.4) is 0 Å². The molecule has 1 aliphatic heterocycles. The Morgan fingerprint density at radius 3 is 2.28 bits per heavy atom. The summed E-state index contributed by atoms with van der Waals surface area (Å²) >= 11 is 0. The second-order valence-corrected chi connectivity index (χ2v) is 10.1. The third-order valence-corrected chi connectivity index (χ3v) is 6.88. The number of piperidine rings is 1. The van der Waals surface area contributed by atoms with Crippen LogP contribution in [0.4, 0.5) is 0 Å². The van der Waals surface area contributed by atoms with Crippen molar-refractivity contribution in [2.75, 3.05) is 46.5 Å². The van der Waals surface area contributed by atoms with E-state index in [0.29, 0.717) is 12.8 Å². The molecule has 0 saturated carbocycles. The van der Waals surface area contributed by atoms with E-state index in [1.54, 1.807) is 20.4 Å². The first-order valence-electron chi connectivity index (χ1n) is 11.3. The van der Waals surface area contributed by atoms with Crippen molar-refractivity contribution < 1.29 is 13.8 Å². The van der Waals surface area contributed by atoms with Gasteiger partial charge >= 0.3 is 0 Å². The smallest absolute Gasteiger partial charge is 0.222 e. The predicted octanol–water partition coefficient (Wildman–Crippen LogP) is 3.71. The molecule has 0 aromatic heterocycles. The number of Topliss-reactive ketones (excluding diaryl/α,β-unsaturated/α-hetero) is 1. The first-order chi connectivity index (χ1) is 15.1. The van der Waals surface area contributed by atoms with E-state index in [4.69, 9.17) is 0 Å². The van der Waals surface area contributed by atoms with Crippen LogP contribution in [0.25, 0.3) is 0 Å². The van der Waals surface area contributed by atoms with Gasteiger partial charge < -0.3 is 14.7 Å². The lowest BCUT2D eigenvalue weighted by Gasteiger charge is -2.32. The summed E-state index contributed by atoms with van der Waals surface area (Å²) in [6.45, 7) is 15.6. The average Bonchev–Trinajstić information content (AvgIpc) is 2.74. The zero-order valence-corrected chi connectivity index (χ0v) is 21.4. The highest BCUT2D eigenvalue weighted by Gasteiger charge is 2.25. The van der Waals surface area contributed by atoms with Crippen molar-refractivity contribution in [3.63, 3.8) is 0 Å². The van der Waals surface area contributed by atoms with Gasteiger partial charge in [-0.05, 0) is 64.9 Å². The summed E-state index contributed by atoms with van der Waals surface area (Å²) in [4.78, 5) is 30.9. The molecule has 1 amide bonds. The van der Waals surface area contributed by atoms with Crippen molar-refractivity contribution in [3.05, 3.63) is 47.7 Å². The van der Waals surface area contributed by atoms with Crippen LogP contribution < -0.4 is 0 Å². The number of ketones is 1. The molecule has 0 aromatic rings. The van der Waals surface area contributed by atoms with Gasteiger partial charge in [0.25, 0.3) is 0 Å². The largest absolute Gasteiger partial charge is 0.349 e. The maximum absolute atomic E-state index is 12.4. The normalized spacial score (nSPS) is 16.7. The molecule has 180 valence electrons. The molecule has 0 bridgehead atoms. The van der Waals surface area contributed by atoms with Crippen molar-refractivity contribution >= 4 is 22.5 Å². The minimum atomic E-state index is -1.02. The van der Waals surface area contributed by atoms with Crippen molar-refractivity contribution in [2.24, 2.45) is 5.92 Å². The lowest BCUT2D eigenvalue weighted by molar-refractivity contribution is -0.132. The van der Waals surface area contributed by atoms with Crippen LogP contribution in [0, 0.1) is 5.92 Å². The fourth-order valence-corrected chi connectivity index (χ4v) is 4.04. The van der Waals surface area contributed by atoms with Gasteiger partial charge in [0.15, 0.2) is 0 Å². The molecule has 0 radical (unpaired) electrons. The minimum Gasteiger partial charge on any atom is -0.349 e. The Morgan fingerprint density at radius 2 is 1.75 bits per heavy atom. The third-order valence-electron chi connectivity index (χ3n) is 5.86. The van der Waals surface area contributed by atoms with Crippen molar-refractivity contribution in [1.29, 1.82) is 0 Å². The van der Waals surface area contributed by atoms with Crippen LogP contribution in [-0.2, 0) is 20.4 Å². The Bertz CT molecular complexity index is 762. The molecule has 1 atom stereocenters. The van der Waals surface area contributed by atoms with E-state index in [2.05, 4.69) is 23.0 Å². The molecule has 1 rings (SSSR count). The predicted molar refractivity (Wildman–Crippen MR) is 134 cm³/mol. The number of likely N-dealkylation sites (tertiary alicyclic amines) is 1. The van der Waals surface area contributed by atoms with E-state index in [1.165, 1.54) is 4.90 Å². The number of carbonyl (C=O) groups excluding carboxylic acids is 2. The number of nitrogens with zero attached hydrogens (tertiary/aromatic N) is 3. The molecule has 1 unspecified atom stereocenters. The third kappa shape index (κ3) is 9.65. The van der Waals surface area contributed by atoms with Gasteiger partial charge in [-0.15, -0.1) is 0 Å². The Kier molecular flexibility index (Phi) is 12.5. The highest BCUT2D eigenvalue weighted by Crippen LogP contribution is 2.21. The molecule has 0 spiro atoms. The van der Waals surface area contributed by atoms with Gasteiger partial charge in [0.1, 0.15) is 5.78 Å². The molecular formula is C25H41N3O3S. The van der Waals surface area contributed by atoms with Crippen molar-refractivity contribution in [3.8, 4) is 0 Å². The first kappa shape index (κ1) is 28.0. The fraction of sp³-hybridized carbons (Fsp3) is 0.600. The van der Waals surface area contributed by atoms with E-state index in [-0.39, 0.29) is 17.6 Å². The zero-order valence-electron chi connectivity index (χ0n) is 20.6. The summed E-state index contributed by atoms with van der Waals surface area (Å²) in [5, 5.41) is 0. The maximum atomic E-state index is 12.4. The fourth-order valence-electron chi connectivity index (χ4n) is 3.74. The molecule has 0 aliphatic carbocycles. The van der Waals surface area contributed by atoms with Gasteiger partial charge in [-0.3, -0.25) is 13.8 Å². The van der Waals surface area contributed by atoms with Gasteiger partial charge in [0.2, 0.25) is 5.91 Å². The van der Waals surface area contributed by atoms with Gasteiger partial charge in [0.05, 0.1) is 0 Å². The second-order valence-electron chi connectivity index (χ2n) is 8.57. The maximum Gasteiger partial charge on any atom is 0.222 e. The van der Waals surface area contributed by atoms with E-state index < -0.39 is 10.8 Å². The summed E-state index contributed by atoms with van der Waals surface area (Å²) < 4.78 is 11.7.